The minimum Gasteiger partial charge on any atom is -0.481 e. The fourth-order valence-corrected chi connectivity index (χ4v) is 1.50. The van der Waals surface area contributed by atoms with Crippen molar-refractivity contribution in [1.82, 2.24) is 4.90 Å². The third kappa shape index (κ3) is 4.34. The van der Waals surface area contributed by atoms with E-state index in [0.29, 0.717) is 6.42 Å². The molecule has 0 heterocycles. The summed E-state index contributed by atoms with van der Waals surface area (Å²) in [5.41, 5.74) is -0.872. The quantitative estimate of drug-likeness (QED) is 0.738. The highest BCUT2D eigenvalue weighted by Crippen LogP contribution is 2.19. The number of hydrogen-bond donors (Lipinski definition) is 1. The predicted molar refractivity (Wildman–Crippen MR) is 64.8 cm³/mol. The second-order valence-electron chi connectivity index (χ2n) is 4.52. The first-order valence-electron chi connectivity index (χ1n) is 5.86. The molecule has 5 heteroatoms. The van der Waals surface area contributed by atoms with E-state index in [4.69, 9.17) is 9.84 Å². The van der Waals surface area contributed by atoms with Crippen LogP contribution >= 0.6 is 0 Å². The first kappa shape index (κ1) is 15.9. The number of nitrogens with zero attached hydrogens (tertiary/aromatic N) is 1. The molecule has 0 aliphatic heterocycles. The summed E-state index contributed by atoms with van der Waals surface area (Å²) in [6.45, 7) is 7.55. The Balaban J connectivity index is 4.81. The predicted octanol–water partition coefficient (Wildman–Crippen LogP) is 1.51. The molecule has 100 valence electrons. The molecule has 17 heavy (non-hydrogen) atoms. The van der Waals surface area contributed by atoms with E-state index in [-0.39, 0.29) is 24.9 Å². The zero-order valence-corrected chi connectivity index (χ0v) is 11.3. The van der Waals surface area contributed by atoms with Crippen molar-refractivity contribution in [1.29, 1.82) is 0 Å². The van der Waals surface area contributed by atoms with Crippen molar-refractivity contribution < 1.29 is 19.4 Å². The van der Waals surface area contributed by atoms with Gasteiger partial charge in [0.15, 0.2) is 0 Å². The molecule has 0 aromatic rings. The number of methoxy groups -OCH3 is 1. The Morgan fingerprint density at radius 3 is 2.24 bits per heavy atom. The molecule has 0 aliphatic carbocycles. The first-order valence-corrected chi connectivity index (χ1v) is 5.86. The van der Waals surface area contributed by atoms with Crippen LogP contribution in [0.1, 0.15) is 40.5 Å². The SMILES string of the molecule is CCC(C)(OC)C(=O)N(CCC(=O)O)C(C)C. The number of rotatable bonds is 7. The summed E-state index contributed by atoms with van der Waals surface area (Å²) in [4.78, 5) is 24.4. The fourth-order valence-electron chi connectivity index (χ4n) is 1.50. The Morgan fingerprint density at radius 1 is 1.41 bits per heavy atom. The maximum atomic E-state index is 12.3. The summed E-state index contributed by atoms with van der Waals surface area (Å²) in [5, 5.41) is 8.67. The lowest BCUT2D eigenvalue weighted by molar-refractivity contribution is -0.156. The molecule has 0 saturated heterocycles. The topological polar surface area (TPSA) is 66.8 Å². The number of carboxylic acids is 1. The van der Waals surface area contributed by atoms with Crippen LogP contribution in [0.15, 0.2) is 0 Å². The molecule has 0 fully saturated rings. The minimum atomic E-state index is -0.904. The number of carbonyl (C=O) groups excluding carboxylic acids is 1. The average molecular weight is 245 g/mol. The standard InChI is InChI=1S/C12H23NO4/c1-6-12(4,17-5)11(16)13(9(2)3)8-7-10(14)15/h9H,6-8H2,1-5H3,(H,14,15). The smallest absolute Gasteiger partial charge is 0.305 e. The van der Waals surface area contributed by atoms with E-state index in [0.717, 1.165) is 0 Å². The van der Waals surface area contributed by atoms with Gasteiger partial charge in [-0.25, -0.2) is 0 Å². The molecule has 0 spiro atoms. The van der Waals surface area contributed by atoms with E-state index in [1.54, 1.807) is 11.8 Å². The molecule has 1 unspecified atom stereocenters. The van der Waals surface area contributed by atoms with E-state index >= 15 is 0 Å². The van der Waals surface area contributed by atoms with Crippen molar-refractivity contribution in [2.45, 2.75) is 52.2 Å². The highest BCUT2D eigenvalue weighted by molar-refractivity contribution is 5.85. The normalized spacial score (nSPS) is 14.5. The summed E-state index contributed by atoms with van der Waals surface area (Å²) in [6.07, 6.45) is 0.506. The fraction of sp³-hybridized carbons (Fsp3) is 0.833. The van der Waals surface area contributed by atoms with Gasteiger partial charge < -0.3 is 14.7 Å². The van der Waals surface area contributed by atoms with Crippen molar-refractivity contribution >= 4 is 11.9 Å². The van der Waals surface area contributed by atoms with E-state index in [9.17, 15) is 9.59 Å². The van der Waals surface area contributed by atoms with E-state index < -0.39 is 11.6 Å². The van der Waals surface area contributed by atoms with Crippen LogP contribution in [0.4, 0.5) is 0 Å². The molecular weight excluding hydrogens is 222 g/mol. The molecular formula is C12H23NO4. The van der Waals surface area contributed by atoms with Gasteiger partial charge in [0.1, 0.15) is 5.60 Å². The molecule has 0 rings (SSSR count). The van der Waals surface area contributed by atoms with E-state index in [1.165, 1.54) is 7.11 Å². The monoisotopic (exact) mass is 245 g/mol. The second kappa shape index (κ2) is 6.59. The van der Waals surface area contributed by atoms with Crippen LogP contribution in [-0.4, -0.2) is 47.2 Å². The Morgan fingerprint density at radius 2 is 1.94 bits per heavy atom. The van der Waals surface area contributed by atoms with Crippen LogP contribution in [0, 0.1) is 0 Å². The van der Waals surface area contributed by atoms with Gasteiger partial charge in [0.25, 0.3) is 5.91 Å². The summed E-state index contributed by atoms with van der Waals surface area (Å²) >= 11 is 0. The number of carbonyl (C=O) groups is 2. The number of carboxylic acid groups (broad SMARTS) is 1. The lowest BCUT2D eigenvalue weighted by Crippen LogP contribution is -2.51. The minimum absolute atomic E-state index is 0.0390. The van der Waals surface area contributed by atoms with Gasteiger partial charge in [-0.05, 0) is 27.2 Å². The molecule has 1 N–H and O–H groups in total. The average Bonchev–Trinajstić information content (AvgIpc) is 2.27. The summed E-state index contributed by atoms with van der Waals surface area (Å²) in [6, 6.07) is -0.0390. The van der Waals surface area contributed by atoms with Crippen LogP contribution in [-0.2, 0) is 14.3 Å². The van der Waals surface area contributed by atoms with Gasteiger partial charge in [0.2, 0.25) is 0 Å². The largest absolute Gasteiger partial charge is 0.481 e. The Hall–Kier alpha value is -1.10. The van der Waals surface area contributed by atoms with E-state index in [2.05, 4.69) is 0 Å². The van der Waals surface area contributed by atoms with Crippen molar-refractivity contribution in [3.8, 4) is 0 Å². The zero-order chi connectivity index (χ0) is 13.6. The third-order valence-corrected chi connectivity index (χ3v) is 3.03. The Kier molecular flexibility index (Phi) is 6.16. The number of ether oxygens (including phenoxy) is 1. The van der Waals surface area contributed by atoms with E-state index in [1.807, 2.05) is 20.8 Å². The van der Waals surface area contributed by atoms with Gasteiger partial charge in [0, 0.05) is 19.7 Å². The molecule has 1 amide bonds. The number of aliphatic carboxylic acids is 1. The van der Waals surface area contributed by atoms with Gasteiger partial charge in [0.05, 0.1) is 6.42 Å². The molecule has 5 nitrogen and oxygen atoms in total. The van der Waals surface area contributed by atoms with Gasteiger partial charge in [-0.3, -0.25) is 9.59 Å². The number of amides is 1. The van der Waals surface area contributed by atoms with Crippen molar-refractivity contribution in [3.05, 3.63) is 0 Å². The summed E-state index contributed by atoms with van der Waals surface area (Å²) < 4.78 is 5.25. The Bertz CT molecular complexity index is 272. The maximum absolute atomic E-state index is 12.3. The van der Waals surface area contributed by atoms with Crippen LogP contribution in [0.25, 0.3) is 0 Å². The van der Waals surface area contributed by atoms with Crippen LogP contribution in [0.2, 0.25) is 0 Å². The van der Waals surface area contributed by atoms with Crippen molar-refractivity contribution in [2.75, 3.05) is 13.7 Å². The molecule has 0 aromatic heterocycles. The molecule has 0 aliphatic rings. The maximum Gasteiger partial charge on any atom is 0.305 e. The van der Waals surface area contributed by atoms with Crippen molar-refractivity contribution in [3.63, 3.8) is 0 Å². The molecule has 0 radical (unpaired) electrons. The first-order chi connectivity index (χ1) is 7.78. The van der Waals surface area contributed by atoms with Gasteiger partial charge in [-0.2, -0.15) is 0 Å². The van der Waals surface area contributed by atoms with Crippen LogP contribution in [0.5, 0.6) is 0 Å². The van der Waals surface area contributed by atoms with Gasteiger partial charge in [-0.15, -0.1) is 0 Å². The summed E-state index contributed by atoms with van der Waals surface area (Å²) in [7, 11) is 1.50. The molecule has 1 atom stereocenters. The Labute approximate surface area is 103 Å². The van der Waals surface area contributed by atoms with Gasteiger partial charge in [-0.1, -0.05) is 6.92 Å². The van der Waals surface area contributed by atoms with Crippen LogP contribution in [0.3, 0.4) is 0 Å². The van der Waals surface area contributed by atoms with Gasteiger partial charge >= 0.3 is 5.97 Å². The lowest BCUT2D eigenvalue weighted by Gasteiger charge is -2.35. The second-order valence-corrected chi connectivity index (χ2v) is 4.52. The molecule has 0 saturated carbocycles. The highest BCUT2D eigenvalue weighted by Gasteiger charge is 2.36. The van der Waals surface area contributed by atoms with Crippen LogP contribution < -0.4 is 0 Å². The summed E-state index contributed by atoms with van der Waals surface area (Å²) in [5.74, 6) is -1.06. The molecule has 0 bridgehead atoms. The molecule has 0 aromatic carbocycles. The third-order valence-electron chi connectivity index (χ3n) is 3.03. The lowest BCUT2D eigenvalue weighted by atomic mass is 10.0. The number of hydrogen-bond acceptors (Lipinski definition) is 3. The zero-order valence-electron chi connectivity index (χ0n) is 11.3. The van der Waals surface area contributed by atoms with Crippen molar-refractivity contribution in [2.24, 2.45) is 0 Å². The highest BCUT2D eigenvalue weighted by atomic mass is 16.5.